The number of amides is 1. The Labute approximate surface area is 193 Å². The summed E-state index contributed by atoms with van der Waals surface area (Å²) < 4.78 is 5.90. The predicted octanol–water partition coefficient (Wildman–Crippen LogP) is 4.68. The van der Waals surface area contributed by atoms with Crippen LogP contribution in [0.1, 0.15) is 28.9 Å². The highest BCUT2D eigenvalue weighted by Gasteiger charge is 2.18. The van der Waals surface area contributed by atoms with E-state index in [1.165, 1.54) is 42.1 Å². The summed E-state index contributed by atoms with van der Waals surface area (Å²) in [5.74, 6) is -1.05. The summed E-state index contributed by atoms with van der Waals surface area (Å²) in [6.07, 6.45) is 1.48. The van der Waals surface area contributed by atoms with Crippen molar-refractivity contribution >= 4 is 40.8 Å². The Morgan fingerprint density at radius 3 is 2.50 bits per heavy atom. The molecule has 0 aliphatic carbocycles. The molecule has 32 heavy (non-hydrogen) atoms. The lowest BCUT2D eigenvalue weighted by Crippen LogP contribution is -2.31. The van der Waals surface area contributed by atoms with Crippen LogP contribution in [0.5, 0.6) is 0 Å². The van der Waals surface area contributed by atoms with Gasteiger partial charge < -0.3 is 14.6 Å². The molecule has 0 fully saturated rings. The van der Waals surface area contributed by atoms with Gasteiger partial charge in [0.05, 0.1) is 29.3 Å². The van der Waals surface area contributed by atoms with Crippen molar-refractivity contribution in [2.45, 2.75) is 13.0 Å². The van der Waals surface area contributed by atoms with Gasteiger partial charge in [0.25, 0.3) is 5.56 Å². The Hall–Kier alpha value is -3.60. The second kappa shape index (κ2) is 9.69. The number of hydrogen-bond acceptors (Lipinski definition) is 5. The number of nitriles is 1. The van der Waals surface area contributed by atoms with E-state index in [1.807, 2.05) is 0 Å². The molecule has 162 valence electrons. The second-order valence-electron chi connectivity index (χ2n) is 6.81. The van der Waals surface area contributed by atoms with E-state index < -0.39 is 23.5 Å². The molecule has 3 aromatic rings. The zero-order valence-electron chi connectivity index (χ0n) is 17.1. The monoisotopic (exact) mass is 469 g/mol. The highest BCUT2D eigenvalue weighted by atomic mass is 35.5. The highest BCUT2D eigenvalue weighted by Crippen LogP contribution is 2.26. The number of nitrogens with one attached hydrogen (secondary N) is 1. The van der Waals surface area contributed by atoms with Gasteiger partial charge in [-0.15, -0.1) is 0 Å². The number of aromatic nitrogens is 1. The Kier molecular flexibility index (Phi) is 6.98. The van der Waals surface area contributed by atoms with Crippen molar-refractivity contribution in [3.63, 3.8) is 0 Å². The molecule has 2 aromatic carbocycles. The molecule has 1 heterocycles. The Morgan fingerprint density at radius 1 is 1.12 bits per heavy atom. The summed E-state index contributed by atoms with van der Waals surface area (Å²) in [5, 5.41) is 12.5. The van der Waals surface area contributed by atoms with Gasteiger partial charge in [0.2, 0.25) is 5.91 Å². The molecule has 9 heteroatoms. The van der Waals surface area contributed by atoms with E-state index in [9.17, 15) is 19.6 Å². The zero-order chi connectivity index (χ0) is 23.4. The number of carbonyl (C=O) groups excluding carboxylic acids is 2. The molecule has 0 saturated carbocycles. The second-order valence-corrected chi connectivity index (χ2v) is 7.66. The van der Waals surface area contributed by atoms with E-state index in [1.54, 1.807) is 31.2 Å². The third-order valence-electron chi connectivity index (χ3n) is 4.80. The number of anilines is 1. The number of nitrogens with zero attached hydrogens (tertiary/aromatic N) is 2. The fourth-order valence-electron chi connectivity index (χ4n) is 3.07. The van der Waals surface area contributed by atoms with Crippen LogP contribution in [0.3, 0.4) is 0 Å². The molecule has 1 N–H and O–H groups in total. The molecule has 0 radical (unpaired) electrons. The first-order chi connectivity index (χ1) is 15.2. The van der Waals surface area contributed by atoms with E-state index in [0.29, 0.717) is 27.4 Å². The van der Waals surface area contributed by atoms with Crippen molar-refractivity contribution in [2.75, 3.05) is 12.4 Å². The third kappa shape index (κ3) is 4.83. The van der Waals surface area contributed by atoms with Crippen LogP contribution in [-0.2, 0) is 9.53 Å². The standard InChI is InChI=1S/C23H17Cl2N3O4/c1-13(22(30)27-17-5-6-18(20(25)11-17)23(31)32-2)28-8-7-14(9-21(28)29)19-10-16(24)4-3-15(19)12-26/h3-11,13H,1-2H3,(H,27,30). The summed E-state index contributed by atoms with van der Waals surface area (Å²) >= 11 is 12.1. The number of carbonyl (C=O) groups is 2. The summed E-state index contributed by atoms with van der Waals surface area (Å²) in [6.45, 7) is 1.57. The van der Waals surface area contributed by atoms with Crippen LogP contribution in [0, 0.1) is 11.3 Å². The van der Waals surface area contributed by atoms with Crippen molar-refractivity contribution < 1.29 is 14.3 Å². The quantitative estimate of drug-likeness (QED) is 0.546. The first-order valence-electron chi connectivity index (χ1n) is 9.36. The number of hydrogen-bond donors (Lipinski definition) is 1. The molecule has 0 aliphatic rings. The minimum Gasteiger partial charge on any atom is -0.465 e. The van der Waals surface area contributed by atoms with Crippen LogP contribution >= 0.6 is 23.2 Å². The first kappa shape index (κ1) is 23.1. The smallest absolute Gasteiger partial charge is 0.339 e. The van der Waals surface area contributed by atoms with Gasteiger partial charge in [-0.05, 0) is 55.0 Å². The fraction of sp³-hybridized carbons (Fsp3) is 0.130. The topological polar surface area (TPSA) is 101 Å². The van der Waals surface area contributed by atoms with E-state index in [0.717, 1.165) is 0 Å². The molecule has 1 aromatic heterocycles. The summed E-state index contributed by atoms with van der Waals surface area (Å²) in [7, 11) is 1.24. The maximum absolute atomic E-state index is 12.7. The molecular weight excluding hydrogens is 453 g/mol. The van der Waals surface area contributed by atoms with Crippen LogP contribution in [-0.4, -0.2) is 23.6 Å². The highest BCUT2D eigenvalue weighted by molar-refractivity contribution is 6.34. The molecule has 0 saturated heterocycles. The summed E-state index contributed by atoms with van der Waals surface area (Å²) in [4.78, 5) is 37.0. The summed E-state index contributed by atoms with van der Waals surface area (Å²) in [6, 6.07) is 13.4. The summed E-state index contributed by atoms with van der Waals surface area (Å²) in [5.41, 5.74) is 1.54. The van der Waals surface area contributed by atoms with Crippen molar-refractivity contribution in [1.29, 1.82) is 5.26 Å². The SMILES string of the molecule is COC(=O)c1ccc(NC(=O)C(C)n2ccc(-c3cc(Cl)ccc3C#N)cc2=O)cc1Cl. The lowest BCUT2D eigenvalue weighted by molar-refractivity contribution is -0.118. The van der Waals surface area contributed by atoms with Gasteiger partial charge >= 0.3 is 5.97 Å². The third-order valence-corrected chi connectivity index (χ3v) is 5.35. The van der Waals surface area contributed by atoms with Crippen molar-refractivity contribution in [2.24, 2.45) is 0 Å². The number of benzene rings is 2. The maximum Gasteiger partial charge on any atom is 0.339 e. The van der Waals surface area contributed by atoms with Gasteiger partial charge in [-0.1, -0.05) is 23.2 Å². The molecule has 1 amide bonds. The zero-order valence-corrected chi connectivity index (χ0v) is 18.6. The molecule has 1 atom stereocenters. The van der Waals surface area contributed by atoms with Crippen LogP contribution < -0.4 is 10.9 Å². The van der Waals surface area contributed by atoms with Gasteiger partial charge in [-0.2, -0.15) is 5.26 Å². The number of methoxy groups -OCH3 is 1. The van der Waals surface area contributed by atoms with Crippen molar-refractivity contribution in [3.8, 4) is 17.2 Å². The molecule has 0 spiro atoms. The van der Waals surface area contributed by atoms with Gasteiger partial charge in [0, 0.05) is 28.5 Å². The number of ether oxygens (including phenoxy) is 1. The minimum atomic E-state index is -0.842. The Bertz CT molecular complexity index is 1310. The normalized spacial score (nSPS) is 11.3. The average Bonchev–Trinajstić information content (AvgIpc) is 2.78. The van der Waals surface area contributed by atoms with Gasteiger partial charge in [0.15, 0.2) is 0 Å². The predicted molar refractivity (Wildman–Crippen MR) is 122 cm³/mol. The van der Waals surface area contributed by atoms with Crippen LogP contribution in [0.25, 0.3) is 11.1 Å². The molecule has 0 bridgehead atoms. The first-order valence-corrected chi connectivity index (χ1v) is 10.1. The van der Waals surface area contributed by atoms with Crippen LogP contribution in [0.15, 0.2) is 59.5 Å². The van der Waals surface area contributed by atoms with E-state index in [2.05, 4.69) is 16.1 Å². The molecule has 7 nitrogen and oxygen atoms in total. The van der Waals surface area contributed by atoms with Crippen molar-refractivity contribution in [1.82, 2.24) is 4.57 Å². The van der Waals surface area contributed by atoms with E-state index in [4.69, 9.17) is 23.2 Å². The average molecular weight is 470 g/mol. The molecular formula is C23H17Cl2N3O4. The van der Waals surface area contributed by atoms with Gasteiger partial charge in [-0.3, -0.25) is 9.59 Å². The van der Waals surface area contributed by atoms with Crippen LogP contribution in [0.2, 0.25) is 10.0 Å². The largest absolute Gasteiger partial charge is 0.465 e. The molecule has 0 aliphatic heterocycles. The maximum atomic E-state index is 12.7. The number of halogens is 2. The Morgan fingerprint density at radius 2 is 1.88 bits per heavy atom. The van der Waals surface area contributed by atoms with Crippen LogP contribution in [0.4, 0.5) is 5.69 Å². The Balaban J connectivity index is 1.83. The number of esters is 1. The fourth-order valence-corrected chi connectivity index (χ4v) is 3.50. The number of rotatable bonds is 5. The van der Waals surface area contributed by atoms with Gasteiger partial charge in [-0.25, -0.2) is 4.79 Å². The lowest BCUT2D eigenvalue weighted by atomic mass is 10.0. The minimum absolute atomic E-state index is 0.124. The van der Waals surface area contributed by atoms with Gasteiger partial charge in [0.1, 0.15) is 6.04 Å². The van der Waals surface area contributed by atoms with Crippen molar-refractivity contribution in [3.05, 3.63) is 86.3 Å². The molecule has 1 unspecified atom stereocenters. The molecule has 3 rings (SSSR count). The van der Waals surface area contributed by atoms with E-state index >= 15 is 0 Å². The van der Waals surface area contributed by atoms with E-state index in [-0.39, 0.29) is 10.6 Å². The lowest BCUT2D eigenvalue weighted by Gasteiger charge is -2.16. The number of pyridine rings is 1.